The lowest BCUT2D eigenvalue weighted by atomic mass is 9.72. The summed E-state index contributed by atoms with van der Waals surface area (Å²) in [6, 6.07) is 0. The molecule has 1 unspecified atom stereocenters. The fraction of sp³-hybridized carbons (Fsp3) is 0.684. The van der Waals surface area contributed by atoms with Gasteiger partial charge in [-0.3, -0.25) is 9.69 Å². The van der Waals surface area contributed by atoms with Crippen LogP contribution in [0, 0.1) is 18.3 Å². The molecule has 2 aromatic heterocycles. The number of likely N-dealkylation sites (tertiary alicyclic amines) is 1. The monoisotopic (exact) mass is 442 g/mol. The molecule has 0 aliphatic carbocycles. The quantitative estimate of drug-likeness (QED) is 0.701. The van der Waals surface area contributed by atoms with E-state index >= 15 is 0 Å². The van der Waals surface area contributed by atoms with E-state index in [9.17, 15) is 18.0 Å². The second-order valence-electron chi connectivity index (χ2n) is 8.21. The van der Waals surface area contributed by atoms with E-state index < -0.39 is 11.9 Å². The standard InChI is InChI=1S/C19H25F3N6O3/c1-12-25-15(27-31-12)2-5-23-17(29)13-9-28(11-18(13)3-6-30-7-4-18)10-16-24-8-14(26-16)19(20,21)22/h8,13H,2-7,9-11H2,1H3,(H,23,29)(H,24,26). The van der Waals surface area contributed by atoms with E-state index in [1.807, 2.05) is 4.90 Å². The van der Waals surface area contributed by atoms with Gasteiger partial charge in [-0.2, -0.15) is 18.2 Å². The van der Waals surface area contributed by atoms with Crippen molar-refractivity contribution < 1.29 is 27.2 Å². The SMILES string of the molecule is Cc1nc(CCNC(=O)C2CN(Cc3ncc(C(F)(F)F)[nH]3)CC23CCOCC3)no1. The zero-order chi connectivity index (χ0) is 22.1. The zero-order valence-corrected chi connectivity index (χ0v) is 17.2. The number of nitrogens with zero attached hydrogens (tertiary/aromatic N) is 4. The maximum absolute atomic E-state index is 13.0. The maximum atomic E-state index is 13.0. The lowest BCUT2D eigenvalue weighted by Crippen LogP contribution is -2.44. The minimum atomic E-state index is -4.46. The smallest absolute Gasteiger partial charge is 0.381 e. The summed E-state index contributed by atoms with van der Waals surface area (Å²) < 4.78 is 49.0. The van der Waals surface area contributed by atoms with Gasteiger partial charge < -0.3 is 19.6 Å². The summed E-state index contributed by atoms with van der Waals surface area (Å²) in [5, 5.41) is 6.78. The van der Waals surface area contributed by atoms with Crippen LogP contribution in [0.2, 0.25) is 0 Å². The number of alkyl halides is 3. The van der Waals surface area contributed by atoms with Crippen LogP contribution in [-0.2, 0) is 28.7 Å². The molecule has 4 rings (SSSR count). The van der Waals surface area contributed by atoms with Crippen molar-refractivity contribution in [3.63, 3.8) is 0 Å². The summed E-state index contributed by atoms with van der Waals surface area (Å²) in [5.41, 5.74) is -1.13. The number of amides is 1. The van der Waals surface area contributed by atoms with E-state index in [0.717, 1.165) is 19.0 Å². The molecule has 170 valence electrons. The molecule has 0 bridgehead atoms. The Morgan fingerprint density at radius 3 is 2.81 bits per heavy atom. The summed E-state index contributed by atoms with van der Waals surface area (Å²) in [7, 11) is 0. The third kappa shape index (κ3) is 4.90. The Morgan fingerprint density at radius 2 is 2.16 bits per heavy atom. The lowest BCUT2D eigenvalue weighted by Gasteiger charge is -2.37. The highest BCUT2D eigenvalue weighted by molar-refractivity contribution is 5.80. The number of halogens is 3. The van der Waals surface area contributed by atoms with Crippen molar-refractivity contribution in [1.82, 2.24) is 30.3 Å². The average molecular weight is 442 g/mol. The van der Waals surface area contributed by atoms with Crippen LogP contribution in [0.25, 0.3) is 0 Å². The molecular formula is C19H25F3N6O3. The normalized spacial score (nSPS) is 21.6. The first-order valence-corrected chi connectivity index (χ1v) is 10.2. The van der Waals surface area contributed by atoms with Gasteiger partial charge in [0.05, 0.1) is 18.7 Å². The average Bonchev–Trinajstić information content (AvgIpc) is 3.42. The molecule has 2 fully saturated rings. The third-order valence-corrected chi connectivity index (χ3v) is 6.05. The van der Waals surface area contributed by atoms with E-state index in [2.05, 4.69) is 25.4 Å². The van der Waals surface area contributed by atoms with Crippen LogP contribution in [0.3, 0.4) is 0 Å². The molecular weight excluding hydrogens is 417 g/mol. The Kier molecular flexibility index (Phi) is 6.02. The number of aromatic amines is 1. The van der Waals surface area contributed by atoms with Crippen molar-refractivity contribution in [2.75, 3.05) is 32.8 Å². The van der Waals surface area contributed by atoms with E-state index in [4.69, 9.17) is 9.26 Å². The summed E-state index contributed by atoms with van der Waals surface area (Å²) >= 11 is 0. The van der Waals surface area contributed by atoms with Gasteiger partial charge in [0.15, 0.2) is 5.82 Å². The number of hydrogen-bond donors (Lipinski definition) is 2. The summed E-state index contributed by atoms with van der Waals surface area (Å²) in [6.07, 6.45) is -1.73. The largest absolute Gasteiger partial charge is 0.432 e. The van der Waals surface area contributed by atoms with Crippen LogP contribution in [-0.4, -0.2) is 63.8 Å². The highest BCUT2D eigenvalue weighted by atomic mass is 19.4. The molecule has 4 heterocycles. The molecule has 9 nitrogen and oxygen atoms in total. The van der Waals surface area contributed by atoms with Gasteiger partial charge in [0.1, 0.15) is 11.5 Å². The number of hydrogen-bond acceptors (Lipinski definition) is 7. The van der Waals surface area contributed by atoms with Crippen LogP contribution in [0.4, 0.5) is 13.2 Å². The summed E-state index contributed by atoms with van der Waals surface area (Å²) in [5.74, 6) is 0.897. The molecule has 2 aromatic rings. The van der Waals surface area contributed by atoms with Gasteiger partial charge in [-0.25, -0.2) is 4.98 Å². The Balaban J connectivity index is 1.40. The Morgan fingerprint density at radius 1 is 1.39 bits per heavy atom. The maximum Gasteiger partial charge on any atom is 0.432 e. The lowest BCUT2D eigenvalue weighted by molar-refractivity contribution is -0.141. The number of carbonyl (C=O) groups excluding carboxylic acids is 1. The molecule has 1 spiro atoms. The number of H-pyrrole nitrogens is 1. The molecule has 2 aliphatic heterocycles. The fourth-order valence-corrected chi connectivity index (χ4v) is 4.50. The van der Waals surface area contributed by atoms with Gasteiger partial charge in [0, 0.05) is 51.6 Å². The van der Waals surface area contributed by atoms with Crippen molar-refractivity contribution in [2.45, 2.75) is 38.9 Å². The Labute approximate surface area is 176 Å². The molecule has 1 amide bonds. The van der Waals surface area contributed by atoms with Gasteiger partial charge in [-0.05, 0) is 12.8 Å². The molecule has 0 radical (unpaired) electrons. The van der Waals surface area contributed by atoms with Crippen molar-refractivity contribution >= 4 is 5.91 Å². The van der Waals surface area contributed by atoms with Gasteiger partial charge in [-0.1, -0.05) is 5.16 Å². The van der Waals surface area contributed by atoms with Crippen LogP contribution in [0.5, 0.6) is 0 Å². The van der Waals surface area contributed by atoms with Gasteiger partial charge in [0.25, 0.3) is 0 Å². The van der Waals surface area contributed by atoms with Crippen molar-refractivity contribution in [3.05, 3.63) is 29.4 Å². The molecule has 12 heteroatoms. The first-order valence-electron chi connectivity index (χ1n) is 10.2. The van der Waals surface area contributed by atoms with Crippen molar-refractivity contribution in [1.29, 1.82) is 0 Å². The second kappa shape index (κ2) is 8.58. The number of aryl methyl sites for hydroxylation is 1. The second-order valence-corrected chi connectivity index (χ2v) is 8.21. The predicted molar refractivity (Wildman–Crippen MR) is 101 cm³/mol. The van der Waals surface area contributed by atoms with Crippen molar-refractivity contribution in [2.24, 2.45) is 11.3 Å². The van der Waals surface area contributed by atoms with Crippen LogP contribution in [0.15, 0.2) is 10.7 Å². The number of ether oxygens (including phenoxy) is 1. The van der Waals surface area contributed by atoms with E-state index in [0.29, 0.717) is 51.0 Å². The summed E-state index contributed by atoms with van der Waals surface area (Å²) in [4.78, 5) is 25.4. The first-order chi connectivity index (χ1) is 14.7. The Bertz CT molecular complexity index is 906. The highest BCUT2D eigenvalue weighted by Gasteiger charge is 2.50. The van der Waals surface area contributed by atoms with E-state index in [1.165, 1.54) is 0 Å². The van der Waals surface area contributed by atoms with Gasteiger partial charge in [0.2, 0.25) is 11.8 Å². The molecule has 2 N–H and O–H groups in total. The van der Waals surface area contributed by atoms with Crippen LogP contribution < -0.4 is 5.32 Å². The number of imidazole rings is 1. The van der Waals surface area contributed by atoms with Crippen molar-refractivity contribution in [3.8, 4) is 0 Å². The topological polar surface area (TPSA) is 109 Å². The number of carbonyl (C=O) groups is 1. The fourth-order valence-electron chi connectivity index (χ4n) is 4.50. The minimum absolute atomic E-state index is 0.0694. The molecule has 1 atom stereocenters. The van der Waals surface area contributed by atoms with Crippen LogP contribution in [0.1, 0.15) is 36.1 Å². The molecule has 2 saturated heterocycles. The predicted octanol–water partition coefficient (Wildman–Crippen LogP) is 1.71. The first kappa shape index (κ1) is 21.8. The summed E-state index contributed by atoms with van der Waals surface area (Å²) in [6.45, 7) is 4.51. The molecule has 2 aliphatic rings. The number of aromatic nitrogens is 4. The van der Waals surface area contributed by atoms with E-state index in [-0.39, 0.29) is 29.6 Å². The zero-order valence-electron chi connectivity index (χ0n) is 17.2. The molecule has 0 aromatic carbocycles. The van der Waals surface area contributed by atoms with E-state index in [1.54, 1.807) is 6.92 Å². The van der Waals surface area contributed by atoms with Gasteiger partial charge in [-0.15, -0.1) is 0 Å². The number of rotatable bonds is 6. The third-order valence-electron chi connectivity index (χ3n) is 6.05. The van der Waals surface area contributed by atoms with Gasteiger partial charge >= 0.3 is 6.18 Å². The molecule has 0 saturated carbocycles. The van der Waals surface area contributed by atoms with Crippen LogP contribution >= 0.6 is 0 Å². The number of nitrogens with one attached hydrogen (secondary N) is 2. The molecule has 31 heavy (non-hydrogen) atoms. The minimum Gasteiger partial charge on any atom is -0.381 e. The Hall–Kier alpha value is -2.47. The highest BCUT2D eigenvalue weighted by Crippen LogP contribution is 2.44.